The number of rotatable bonds is 5. The summed E-state index contributed by atoms with van der Waals surface area (Å²) in [7, 11) is 1.68. The minimum atomic E-state index is 0.0408. The van der Waals surface area contributed by atoms with Crippen LogP contribution in [0.2, 0.25) is 0 Å². The molecule has 0 heterocycles. The van der Waals surface area contributed by atoms with Crippen LogP contribution in [0.15, 0.2) is 48.5 Å². The van der Waals surface area contributed by atoms with Crippen molar-refractivity contribution in [2.45, 2.75) is 19.6 Å². The van der Waals surface area contributed by atoms with Crippen LogP contribution in [0.25, 0.3) is 0 Å². The second-order valence-corrected chi connectivity index (χ2v) is 4.54. The van der Waals surface area contributed by atoms with Gasteiger partial charge in [-0.1, -0.05) is 24.3 Å². The van der Waals surface area contributed by atoms with Gasteiger partial charge >= 0.3 is 0 Å². The molecule has 0 fully saturated rings. The molecule has 0 aliphatic rings. The zero-order valence-electron chi connectivity index (χ0n) is 11.3. The van der Waals surface area contributed by atoms with Gasteiger partial charge in [-0.15, -0.1) is 0 Å². The van der Waals surface area contributed by atoms with E-state index in [1.165, 1.54) is 0 Å². The van der Waals surface area contributed by atoms with Crippen molar-refractivity contribution in [1.29, 1.82) is 0 Å². The molecule has 0 radical (unpaired) electrons. The van der Waals surface area contributed by atoms with Crippen LogP contribution in [-0.2, 0) is 11.3 Å². The van der Waals surface area contributed by atoms with E-state index in [1.807, 2.05) is 55.5 Å². The standard InChI is InChI=1S/C16H19NO2/c1-12(17)14-6-8-15(9-7-14)19-16-5-3-4-13(10-16)11-18-2/h3-10,12H,11,17H2,1-2H3/t12-/m1/s1. The van der Waals surface area contributed by atoms with Crippen LogP contribution in [0.5, 0.6) is 11.5 Å². The number of nitrogens with two attached hydrogens (primary N) is 1. The second kappa shape index (κ2) is 6.36. The van der Waals surface area contributed by atoms with Crippen LogP contribution < -0.4 is 10.5 Å². The molecule has 0 saturated heterocycles. The Morgan fingerprint density at radius 1 is 1.05 bits per heavy atom. The average molecular weight is 257 g/mol. The molecule has 2 aromatic carbocycles. The lowest BCUT2D eigenvalue weighted by molar-refractivity contribution is 0.184. The first-order valence-electron chi connectivity index (χ1n) is 6.30. The van der Waals surface area contributed by atoms with Gasteiger partial charge in [0, 0.05) is 13.2 Å². The van der Waals surface area contributed by atoms with Crippen molar-refractivity contribution in [3.05, 3.63) is 59.7 Å². The van der Waals surface area contributed by atoms with Crippen molar-refractivity contribution in [2.75, 3.05) is 7.11 Å². The predicted molar refractivity (Wildman–Crippen MR) is 76.3 cm³/mol. The highest BCUT2D eigenvalue weighted by atomic mass is 16.5. The van der Waals surface area contributed by atoms with Crippen LogP contribution in [0.1, 0.15) is 24.1 Å². The quantitative estimate of drug-likeness (QED) is 0.889. The molecule has 0 amide bonds. The lowest BCUT2D eigenvalue weighted by atomic mass is 10.1. The van der Waals surface area contributed by atoms with Gasteiger partial charge in [0.25, 0.3) is 0 Å². The van der Waals surface area contributed by atoms with Gasteiger partial charge < -0.3 is 15.2 Å². The molecule has 0 aromatic heterocycles. The largest absolute Gasteiger partial charge is 0.457 e. The highest BCUT2D eigenvalue weighted by Crippen LogP contribution is 2.23. The van der Waals surface area contributed by atoms with Gasteiger partial charge in [-0.25, -0.2) is 0 Å². The van der Waals surface area contributed by atoms with Gasteiger partial charge in [-0.2, -0.15) is 0 Å². The van der Waals surface area contributed by atoms with Crippen molar-refractivity contribution in [3.63, 3.8) is 0 Å². The summed E-state index contributed by atoms with van der Waals surface area (Å²) < 4.78 is 10.9. The molecule has 2 N–H and O–H groups in total. The molecule has 3 heteroatoms. The Morgan fingerprint density at radius 2 is 1.79 bits per heavy atom. The van der Waals surface area contributed by atoms with Gasteiger partial charge in [0.05, 0.1) is 6.61 Å². The molecule has 0 unspecified atom stereocenters. The summed E-state index contributed by atoms with van der Waals surface area (Å²) in [4.78, 5) is 0. The summed E-state index contributed by atoms with van der Waals surface area (Å²) in [5.41, 5.74) is 8.00. The Hall–Kier alpha value is -1.84. The van der Waals surface area contributed by atoms with Gasteiger partial charge in [-0.3, -0.25) is 0 Å². The third-order valence-electron chi connectivity index (χ3n) is 2.85. The zero-order valence-corrected chi connectivity index (χ0v) is 11.3. The van der Waals surface area contributed by atoms with E-state index in [-0.39, 0.29) is 6.04 Å². The summed E-state index contributed by atoms with van der Waals surface area (Å²) >= 11 is 0. The molecule has 0 saturated carbocycles. The van der Waals surface area contributed by atoms with E-state index in [9.17, 15) is 0 Å². The van der Waals surface area contributed by atoms with Crippen molar-refractivity contribution < 1.29 is 9.47 Å². The summed E-state index contributed by atoms with van der Waals surface area (Å²) in [6, 6.07) is 15.7. The molecule has 1 atom stereocenters. The van der Waals surface area contributed by atoms with E-state index < -0.39 is 0 Å². The molecule has 2 rings (SSSR count). The predicted octanol–water partition coefficient (Wildman–Crippen LogP) is 3.65. The fraction of sp³-hybridized carbons (Fsp3) is 0.250. The number of hydrogen-bond donors (Lipinski definition) is 1. The maximum Gasteiger partial charge on any atom is 0.127 e. The van der Waals surface area contributed by atoms with Crippen molar-refractivity contribution in [2.24, 2.45) is 5.73 Å². The summed E-state index contributed by atoms with van der Waals surface area (Å²) in [6.45, 7) is 2.55. The Morgan fingerprint density at radius 3 is 2.42 bits per heavy atom. The van der Waals surface area contributed by atoms with Crippen LogP contribution in [-0.4, -0.2) is 7.11 Å². The minimum Gasteiger partial charge on any atom is -0.457 e. The summed E-state index contributed by atoms with van der Waals surface area (Å²) in [6.07, 6.45) is 0. The van der Waals surface area contributed by atoms with E-state index in [1.54, 1.807) is 7.11 Å². The topological polar surface area (TPSA) is 44.5 Å². The van der Waals surface area contributed by atoms with E-state index in [4.69, 9.17) is 15.2 Å². The minimum absolute atomic E-state index is 0.0408. The Kier molecular flexibility index (Phi) is 4.55. The van der Waals surface area contributed by atoms with Crippen LogP contribution >= 0.6 is 0 Å². The normalized spacial score (nSPS) is 12.2. The highest BCUT2D eigenvalue weighted by molar-refractivity contribution is 5.35. The maximum atomic E-state index is 5.81. The second-order valence-electron chi connectivity index (χ2n) is 4.54. The van der Waals surface area contributed by atoms with Crippen molar-refractivity contribution >= 4 is 0 Å². The van der Waals surface area contributed by atoms with Crippen molar-refractivity contribution in [1.82, 2.24) is 0 Å². The smallest absolute Gasteiger partial charge is 0.127 e. The Balaban J connectivity index is 2.10. The fourth-order valence-corrected chi connectivity index (χ4v) is 1.84. The monoisotopic (exact) mass is 257 g/mol. The number of methoxy groups -OCH3 is 1. The number of benzene rings is 2. The summed E-state index contributed by atoms with van der Waals surface area (Å²) in [5.74, 6) is 1.61. The molecule has 3 nitrogen and oxygen atoms in total. The number of ether oxygens (including phenoxy) is 2. The fourth-order valence-electron chi connectivity index (χ4n) is 1.84. The highest BCUT2D eigenvalue weighted by Gasteiger charge is 2.02. The SMILES string of the molecule is COCc1cccc(Oc2ccc([C@@H](C)N)cc2)c1. The van der Waals surface area contributed by atoms with Crippen LogP contribution in [0.3, 0.4) is 0 Å². The van der Waals surface area contributed by atoms with Gasteiger partial charge in [0.2, 0.25) is 0 Å². The molecule has 0 spiro atoms. The zero-order chi connectivity index (χ0) is 13.7. The van der Waals surface area contributed by atoms with Gasteiger partial charge in [0.15, 0.2) is 0 Å². The third kappa shape index (κ3) is 3.81. The molecule has 2 aromatic rings. The third-order valence-corrected chi connectivity index (χ3v) is 2.85. The molecular formula is C16H19NO2. The van der Waals surface area contributed by atoms with E-state index in [0.717, 1.165) is 22.6 Å². The molecule has 0 bridgehead atoms. The molecule has 0 aliphatic carbocycles. The molecule has 19 heavy (non-hydrogen) atoms. The average Bonchev–Trinajstić information content (AvgIpc) is 2.40. The molecular weight excluding hydrogens is 238 g/mol. The number of hydrogen-bond acceptors (Lipinski definition) is 3. The Bertz CT molecular complexity index is 521. The van der Waals surface area contributed by atoms with E-state index >= 15 is 0 Å². The first kappa shape index (κ1) is 13.6. The lowest BCUT2D eigenvalue weighted by Gasteiger charge is -2.09. The van der Waals surface area contributed by atoms with Gasteiger partial charge in [0.1, 0.15) is 11.5 Å². The van der Waals surface area contributed by atoms with Gasteiger partial charge in [-0.05, 0) is 42.3 Å². The molecule has 0 aliphatic heterocycles. The first-order valence-corrected chi connectivity index (χ1v) is 6.30. The first-order chi connectivity index (χ1) is 9.19. The van der Waals surface area contributed by atoms with E-state index in [0.29, 0.717) is 6.61 Å². The van der Waals surface area contributed by atoms with Crippen LogP contribution in [0.4, 0.5) is 0 Å². The summed E-state index contributed by atoms with van der Waals surface area (Å²) in [5, 5.41) is 0. The van der Waals surface area contributed by atoms with E-state index in [2.05, 4.69) is 0 Å². The van der Waals surface area contributed by atoms with Crippen molar-refractivity contribution in [3.8, 4) is 11.5 Å². The molecule has 100 valence electrons. The Labute approximate surface area is 114 Å². The maximum absolute atomic E-state index is 5.81. The lowest BCUT2D eigenvalue weighted by Crippen LogP contribution is -2.04. The van der Waals surface area contributed by atoms with Crippen LogP contribution in [0, 0.1) is 0 Å².